The zero-order chi connectivity index (χ0) is 16.0. The lowest BCUT2D eigenvalue weighted by Gasteiger charge is -2.38. The molecular weight excluding hydrogens is 274 g/mol. The van der Waals surface area contributed by atoms with Crippen LogP contribution < -0.4 is 5.32 Å². The smallest absolute Gasteiger partial charge is 0.317 e. The van der Waals surface area contributed by atoms with Gasteiger partial charge in [0.25, 0.3) is 0 Å². The Morgan fingerprint density at radius 1 is 1.24 bits per heavy atom. The van der Waals surface area contributed by atoms with E-state index in [-0.39, 0.29) is 18.4 Å². The summed E-state index contributed by atoms with van der Waals surface area (Å²) in [5, 5.41) is 12.0. The van der Waals surface area contributed by atoms with E-state index in [0.717, 1.165) is 0 Å². The molecule has 0 aliphatic carbocycles. The Bertz CT molecular complexity index is 401. The molecule has 7 nitrogen and oxygen atoms in total. The van der Waals surface area contributed by atoms with Crippen LogP contribution in [0.2, 0.25) is 0 Å². The Morgan fingerprint density at radius 3 is 2.24 bits per heavy atom. The second-order valence-electron chi connectivity index (χ2n) is 5.70. The number of nitrogens with one attached hydrogen (secondary N) is 1. The highest BCUT2D eigenvalue weighted by molar-refractivity contribution is 5.79. The zero-order valence-electron chi connectivity index (χ0n) is 13.0. The van der Waals surface area contributed by atoms with Gasteiger partial charge in [-0.1, -0.05) is 6.92 Å². The summed E-state index contributed by atoms with van der Waals surface area (Å²) in [5.74, 6) is -0.813. The topological polar surface area (TPSA) is 90.0 Å². The van der Waals surface area contributed by atoms with Crippen molar-refractivity contribution in [3.8, 4) is 0 Å². The van der Waals surface area contributed by atoms with E-state index < -0.39 is 11.4 Å². The summed E-state index contributed by atoms with van der Waals surface area (Å²) in [7, 11) is 3.34. The number of carboxylic acids is 1. The number of carboxylic acid groups (broad SMARTS) is 1. The molecule has 0 unspecified atom stereocenters. The first-order chi connectivity index (χ1) is 9.82. The first-order valence-electron chi connectivity index (χ1n) is 7.28. The number of amides is 3. The number of hydrogen-bond acceptors (Lipinski definition) is 3. The van der Waals surface area contributed by atoms with Gasteiger partial charge in [-0.15, -0.1) is 0 Å². The Labute approximate surface area is 125 Å². The molecule has 7 heteroatoms. The van der Waals surface area contributed by atoms with Crippen LogP contribution >= 0.6 is 0 Å². The van der Waals surface area contributed by atoms with Crippen molar-refractivity contribution in [3.63, 3.8) is 0 Å². The molecule has 2 N–H and O–H groups in total. The number of urea groups is 1. The Hall–Kier alpha value is -1.79. The highest BCUT2D eigenvalue weighted by atomic mass is 16.4. The Kier molecular flexibility index (Phi) is 5.99. The molecule has 21 heavy (non-hydrogen) atoms. The van der Waals surface area contributed by atoms with Crippen LogP contribution in [-0.4, -0.2) is 66.5 Å². The van der Waals surface area contributed by atoms with Crippen LogP contribution in [0.3, 0.4) is 0 Å². The molecule has 0 aromatic rings. The number of carbonyl (C=O) groups excluding carboxylic acids is 2. The molecule has 1 heterocycles. The first kappa shape index (κ1) is 17.3. The van der Waals surface area contributed by atoms with Crippen LogP contribution in [0, 0.1) is 5.41 Å². The quantitative estimate of drug-likeness (QED) is 0.784. The third kappa shape index (κ3) is 4.34. The molecule has 1 fully saturated rings. The van der Waals surface area contributed by atoms with Crippen molar-refractivity contribution >= 4 is 17.9 Å². The molecule has 1 aliphatic rings. The Morgan fingerprint density at radius 2 is 1.81 bits per heavy atom. The summed E-state index contributed by atoms with van der Waals surface area (Å²) in [6, 6.07) is -0.225. The van der Waals surface area contributed by atoms with E-state index in [0.29, 0.717) is 38.9 Å². The van der Waals surface area contributed by atoms with E-state index in [1.165, 1.54) is 4.90 Å². The van der Waals surface area contributed by atoms with Crippen LogP contribution in [0.15, 0.2) is 0 Å². The fourth-order valence-corrected chi connectivity index (χ4v) is 2.47. The monoisotopic (exact) mass is 299 g/mol. The number of piperidine rings is 1. The SMILES string of the molecule is CCC1(C(=O)O)CCN(C(=O)NCCC(=O)N(C)C)CC1. The van der Waals surface area contributed by atoms with Crippen LogP contribution in [0.25, 0.3) is 0 Å². The fourth-order valence-electron chi connectivity index (χ4n) is 2.47. The lowest BCUT2D eigenvalue weighted by molar-refractivity contribution is -0.152. The molecule has 0 bridgehead atoms. The highest BCUT2D eigenvalue weighted by Gasteiger charge is 2.40. The molecule has 1 saturated heterocycles. The van der Waals surface area contributed by atoms with Gasteiger partial charge in [0.05, 0.1) is 5.41 Å². The fraction of sp³-hybridized carbons (Fsp3) is 0.786. The van der Waals surface area contributed by atoms with Gasteiger partial charge >= 0.3 is 12.0 Å². The van der Waals surface area contributed by atoms with Gasteiger partial charge in [0.1, 0.15) is 0 Å². The van der Waals surface area contributed by atoms with Gasteiger partial charge in [-0.25, -0.2) is 4.79 Å². The number of likely N-dealkylation sites (tertiary alicyclic amines) is 1. The van der Waals surface area contributed by atoms with Crippen molar-refractivity contribution < 1.29 is 19.5 Å². The average molecular weight is 299 g/mol. The minimum atomic E-state index is -0.776. The molecule has 0 aromatic heterocycles. The van der Waals surface area contributed by atoms with Crippen LogP contribution in [-0.2, 0) is 9.59 Å². The van der Waals surface area contributed by atoms with Gasteiger partial charge in [-0.3, -0.25) is 9.59 Å². The van der Waals surface area contributed by atoms with Crippen molar-refractivity contribution in [2.45, 2.75) is 32.6 Å². The normalized spacial score (nSPS) is 17.2. The van der Waals surface area contributed by atoms with Crippen molar-refractivity contribution in [3.05, 3.63) is 0 Å². The molecule has 3 amide bonds. The van der Waals surface area contributed by atoms with Gasteiger partial charge in [-0.2, -0.15) is 0 Å². The summed E-state index contributed by atoms with van der Waals surface area (Å²) >= 11 is 0. The predicted molar refractivity (Wildman–Crippen MR) is 77.9 cm³/mol. The summed E-state index contributed by atoms with van der Waals surface area (Å²) < 4.78 is 0. The number of nitrogens with zero attached hydrogens (tertiary/aromatic N) is 2. The minimum Gasteiger partial charge on any atom is -0.481 e. The van der Waals surface area contributed by atoms with E-state index in [9.17, 15) is 19.5 Å². The number of hydrogen-bond donors (Lipinski definition) is 2. The second kappa shape index (κ2) is 7.28. The van der Waals surface area contributed by atoms with Crippen LogP contribution in [0.4, 0.5) is 4.79 Å². The molecule has 0 spiro atoms. The molecule has 0 radical (unpaired) electrons. The maximum absolute atomic E-state index is 12.0. The molecule has 0 saturated carbocycles. The van der Waals surface area contributed by atoms with Crippen LogP contribution in [0.5, 0.6) is 0 Å². The molecule has 0 aromatic carbocycles. The third-order valence-electron chi connectivity index (χ3n) is 4.25. The minimum absolute atomic E-state index is 0.0372. The van der Waals surface area contributed by atoms with Crippen LogP contribution in [0.1, 0.15) is 32.6 Å². The first-order valence-corrected chi connectivity index (χ1v) is 7.28. The highest BCUT2D eigenvalue weighted by Crippen LogP contribution is 2.35. The maximum Gasteiger partial charge on any atom is 0.317 e. The lowest BCUT2D eigenvalue weighted by atomic mass is 9.76. The van der Waals surface area contributed by atoms with Gasteiger partial charge in [0, 0.05) is 40.2 Å². The van der Waals surface area contributed by atoms with Gasteiger partial charge in [0.15, 0.2) is 0 Å². The summed E-state index contributed by atoms with van der Waals surface area (Å²) in [4.78, 5) is 37.8. The summed E-state index contributed by atoms with van der Waals surface area (Å²) in [6.45, 7) is 3.04. The van der Waals surface area contributed by atoms with Gasteiger partial charge in [0.2, 0.25) is 5.91 Å². The van der Waals surface area contributed by atoms with E-state index in [1.807, 2.05) is 6.92 Å². The van der Waals surface area contributed by atoms with E-state index in [1.54, 1.807) is 19.0 Å². The maximum atomic E-state index is 12.0. The molecule has 1 aliphatic heterocycles. The summed E-state index contributed by atoms with van der Waals surface area (Å²) in [6.07, 6.45) is 1.79. The van der Waals surface area contributed by atoms with Crippen molar-refractivity contribution in [2.24, 2.45) is 5.41 Å². The zero-order valence-corrected chi connectivity index (χ0v) is 13.0. The standard InChI is InChI=1S/C14H25N3O4/c1-4-14(12(19)20)6-9-17(10-7-14)13(21)15-8-5-11(18)16(2)3/h4-10H2,1-3H3,(H,15,21)(H,19,20). The molecule has 0 atom stereocenters. The van der Waals surface area contributed by atoms with E-state index in [2.05, 4.69) is 5.32 Å². The molecule has 1 rings (SSSR count). The Balaban J connectivity index is 2.39. The second-order valence-corrected chi connectivity index (χ2v) is 5.70. The van der Waals surface area contributed by atoms with Crippen molar-refractivity contribution in [1.82, 2.24) is 15.1 Å². The van der Waals surface area contributed by atoms with Gasteiger partial charge in [-0.05, 0) is 19.3 Å². The molecule has 120 valence electrons. The molecular formula is C14H25N3O4. The van der Waals surface area contributed by atoms with Crippen molar-refractivity contribution in [2.75, 3.05) is 33.7 Å². The average Bonchev–Trinajstić information content (AvgIpc) is 2.46. The number of carbonyl (C=O) groups is 3. The number of rotatable bonds is 5. The predicted octanol–water partition coefficient (Wildman–Crippen LogP) is 0.751. The van der Waals surface area contributed by atoms with Crippen molar-refractivity contribution in [1.29, 1.82) is 0 Å². The van der Waals surface area contributed by atoms with Gasteiger partial charge < -0.3 is 20.2 Å². The largest absolute Gasteiger partial charge is 0.481 e. The van der Waals surface area contributed by atoms with E-state index >= 15 is 0 Å². The summed E-state index contributed by atoms with van der Waals surface area (Å²) in [5.41, 5.74) is -0.697. The van der Waals surface area contributed by atoms with E-state index in [4.69, 9.17) is 0 Å². The lowest BCUT2D eigenvalue weighted by Crippen LogP contribution is -2.49. The number of aliphatic carboxylic acids is 1. The third-order valence-corrected chi connectivity index (χ3v) is 4.25.